The number of thiazole rings is 1. The number of hydrogen-bond acceptors (Lipinski definition) is 7. The van der Waals surface area contributed by atoms with Crippen molar-refractivity contribution in [1.29, 1.82) is 0 Å². The second-order valence-electron chi connectivity index (χ2n) is 9.71. The lowest BCUT2D eigenvalue weighted by Crippen LogP contribution is -2.27. The number of rotatable bonds is 9. The van der Waals surface area contributed by atoms with Gasteiger partial charge >= 0.3 is 0 Å². The molecule has 0 aliphatic heterocycles. The molecule has 6 aromatic rings. The van der Waals surface area contributed by atoms with Gasteiger partial charge in [0.15, 0.2) is 16.7 Å². The standard InChI is InChI=1S/C33H27FN4O2S2/c1-21-29(28-16-15-27(42-28)26-20-41-33(35)37-26)32(39)38(18-17-22-9-4-2-5-10-22)31(36-21)24-13-8-14-25(34)30(24)40-19-23-11-6-3-7-12-23/h2-16,20H,17-19H2,1H3,(H2,35,37). The van der Waals surface area contributed by atoms with Crippen molar-refractivity contribution in [2.75, 3.05) is 5.73 Å². The molecular weight excluding hydrogens is 568 g/mol. The predicted octanol–water partition coefficient (Wildman–Crippen LogP) is 7.61. The molecule has 3 aromatic carbocycles. The Morgan fingerprint density at radius 2 is 1.60 bits per heavy atom. The smallest absolute Gasteiger partial charge is 0.262 e. The number of nitrogens with zero attached hydrogens (tertiary/aromatic N) is 3. The monoisotopic (exact) mass is 594 g/mol. The molecule has 3 heterocycles. The number of para-hydroxylation sites is 1. The number of nitrogen functional groups attached to an aromatic ring is 1. The molecule has 0 saturated carbocycles. The van der Waals surface area contributed by atoms with E-state index in [1.54, 1.807) is 16.7 Å². The van der Waals surface area contributed by atoms with Crippen LogP contribution in [0.4, 0.5) is 9.52 Å². The van der Waals surface area contributed by atoms with E-state index >= 15 is 4.39 Å². The predicted molar refractivity (Wildman–Crippen MR) is 168 cm³/mol. The van der Waals surface area contributed by atoms with Gasteiger partial charge in [-0.15, -0.1) is 22.7 Å². The highest BCUT2D eigenvalue weighted by atomic mass is 32.1. The molecule has 9 heteroatoms. The van der Waals surface area contributed by atoms with E-state index in [4.69, 9.17) is 15.5 Å². The Morgan fingerprint density at radius 1 is 0.881 bits per heavy atom. The summed E-state index contributed by atoms with van der Waals surface area (Å²) in [6, 6.07) is 28.1. The zero-order valence-electron chi connectivity index (χ0n) is 22.8. The summed E-state index contributed by atoms with van der Waals surface area (Å²) in [6.07, 6.45) is 0.598. The zero-order chi connectivity index (χ0) is 29.1. The maximum Gasteiger partial charge on any atom is 0.262 e. The van der Waals surface area contributed by atoms with Gasteiger partial charge in [-0.1, -0.05) is 66.7 Å². The molecule has 0 saturated heterocycles. The van der Waals surface area contributed by atoms with Crippen molar-refractivity contribution in [2.24, 2.45) is 0 Å². The van der Waals surface area contributed by atoms with Gasteiger partial charge in [0, 0.05) is 16.8 Å². The van der Waals surface area contributed by atoms with Gasteiger partial charge in [0.2, 0.25) is 0 Å². The molecule has 210 valence electrons. The Balaban J connectivity index is 1.46. The minimum atomic E-state index is -0.514. The molecule has 0 amide bonds. The van der Waals surface area contributed by atoms with Crippen molar-refractivity contribution in [1.82, 2.24) is 14.5 Å². The van der Waals surface area contributed by atoms with Crippen molar-refractivity contribution in [3.05, 3.63) is 129 Å². The molecule has 6 rings (SSSR count). The number of thiophene rings is 1. The minimum absolute atomic E-state index is 0.0633. The van der Waals surface area contributed by atoms with E-state index in [2.05, 4.69) is 4.98 Å². The number of hydrogen-bond donors (Lipinski definition) is 1. The highest BCUT2D eigenvalue weighted by molar-refractivity contribution is 7.19. The quantitative estimate of drug-likeness (QED) is 0.186. The summed E-state index contributed by atoms with van der Waals surface area (Å²) in [5.74, 6) is -0.0864. The molecule has 42 heavy (non-hydrogen) atoms. The normalized spacial score (nSPS) is 11.1. The lowest BCUT2D eigenvalue weighted by Gasteiger charge is -2.18. The van der Waals surface area contributed by atoms with Crippen molar-refractivity contribution < 1.29 is 9.13 Å². The first-order chi connectivity index (χ1) is 20.5. The van der Waals surface area contributed by atoms with Gasteiger partial charge in [-0.05, 0) is 48.7 Å². The van der Waals surface area contributed by atoms with E-state index in [0.29, 0.717) is 40.7 Å². The van der Waals surface area contributed by atoms with Crippen molar-refractivity contribution in [3.63, 3.8) is 0 Å². The largest absolute Gasteiger partial charge is 0.485 e. The zero-order valence-corrected chi connectivity index (χ0v) is 24.4. The molecule has 0 radical (unpaired) electrons. The van der Waals surface area contributed by atoms with Crippen LogP contribution < -0.4 is 16.0 Å². The van der Waals surface area contributed by atoms with Crippen LogP contribution in [0.1, 0.15) is 16.8 Å². The molecule has 0 unspecified atom stereocenters. The molecule has 0 aliphatic rings. The van der Waals surface area contributed by atoms with Crippen molar-refractivity contribution in [2.45, 2.75) is 26.5 Å². The van der Waals surface area contributed by atoms with Crippen LogP contribution in [0.25, 0.3) is 32.4 Å². The van der Waals surface area contributed by atoms with Gasteiger partial charge in [-0.3, -0.25) is 9.36 Å². The number of aryl methyl sites for hydroxylation is 2. The third-order valence-corrected chi connectivity index (χ3v) is 8.68. The summed E-state index contributed by atoms with van der Waals surface area (Å²) in [5.41, 5.74) is 9.90. The van der Waals surface area contributed by atoms with E-state index in [1.165, 1.54) is 28.7 Å². The second-order valence-corrected chi connectivity index (χ2v) is 11.7. The van der Waals surface area contributed by atoms with Gasteiger partial charge in [-0.25, -0.2) is 14.4 Å². The molecular formula is C33H27FN4O2S2. The molecule has 0 fully saturated rings. The molecule has 0 aliphatic carbocycles. The molecule has 6 nitrogen and oxygen atoms in total. The average Bonchev–Trinajstić information content (AvgIpc) is 3.66. The SMILES string of the molecule is Cc1nc(-c2cccc(F)c2OCc2ccccc2)n(CCc2ccccc2)c(=O)c1-c1ccc(-c2csc(N)n2)s1. The Kier molecular flexibility index (Phi) is 7.94. The summed E-state index contributed by atoms with van der Waals surface area (Å²) in [7, 11) is 0. The molecule has 2 N–H and O–H groups in total. The Bertz CT molecular complexity index is 1900. The van der Waals surface area contributed by atoms with E-state index < -0.39 is 5.82 Å². The molecule has 0 atom stereocenters. The van der Waals surface area contributed by atoms with Gasteiger partial charge in [0.25, 0.3) is 5.56 Å². The fourth-order valence-corrected chi connectivity index (χ4v) is 6.51. The summed E-state index contributed by atoms with van der Waals surface area (Å²) in [4.78, 5) is 25.3. The number of halogens is 1. The number of anilines is 1. The van der Waals surface area contributed by atoms with Crippen LogP contribution in [0.2, 0.25) is 0 Å². The van der Waals surface area contributed by atoms with E-state index in [9.17, 15) is 4.79 Å². The summed E-state index contributed by atoms with van der Waals surface area (Å²) in [5, 5.41) is 2.39. The Labute approximate surface area is 250 Å². The van der Waals surface area contributed by atoms with Gasteiger partial charge in [0.05, 0.1) is 27.4 Å². The number of aromatic nitrogens is 3. The van der Waals surface area contributed by atoms with Gasteiger partial charge in [0.1, 0.15) is 12.4 Å². The third-order valence-electron chi connectivity index (χ3n) is 6.88. The topological polar surface area (TPSA) is 83.0 Å². The van der Waals surface area contributed by atoms with Crippen LogP contribution >= 0.6 is 22.7 Å². The molecule has 0 spiro atoms. The van der Waals surface area contributed by atoms with Crippen molar-refractivity contribution >= 4 is 27.8 Å². The molecule has 0 bridgehead atoms. The second kappa shape index (κ2) is 12.1. The highest BCUT2D eigenvalue weighted by Crippen LogP contribution is 2.37. The highest BCUT2D eigenvalue weighted by Gasteiger charge is 2.22. The van der Waals surface area contributed by atoms with Crippen LogP contribution in [0, 0.1) is 12.7 Å². The third kappa shape index (κ3) is 5.74. The summed E-state index contributed by atoms with van der Waals surface area (Å²) in [6.45, 7) is 2.35. The van der Waals surface area contributed by atoms with Gasteiger partial charge in [-0.2, -0.15) is 0 Å². The Hall–Kier alpha value is -4.60. The fourth-order valence-electron chi connectivity index (χ4n) is 4.82. The minimum Gasteiger partial charge on any atom is -0.485 e. The summed E-state index contributed by atoms with van der Waals surface area (Å²) >= 11 is 2.84. The first kappa shape index (κ1) is 27.6. The van der Waals surface area contributed by atoms with E-state index in [0.717, 1.165) is 26.6 Å². The van der Waals surface area contributed by atoms with Crippen LogP contribution in [-0.2, 0) is 19.6 Å². The first-order valence-electron chi connectivity index (χ1n) is 13.4. The summed E-state index contributed by atoms with van der Waals surface area (Å²) < 4.78 is 22.9. The maximum atomic E-state index is 15.3. The lowest BCUT2D eigenvalue weighted by molar-refractivity contribution is 0.291. The number of ether oxygens (including phenoxy) is 1. The van der Waals surface area contributed by atoms with Crippen LogP contribution in [0.5, 0.6) is 5.75 Å². The average molecular weight is 595 g/mol. The van der Waals surface area contributed by atoms with Gasteiger partial charge < -0.3 is 10.5 Å². The van der Waals surface area contributed by atoms with Crippen LogP contribution in [0.3, 0.4) is 0 Å². The van der Waals surface area contributed by atoms with E-state index in [1.807, 2.05) is 85.1 Å². The molecule has 3 aromatic heterocycles. The van der Waals surface area contributed by atoms with Crippen molar-refractivity contribution in [3.8, 4) is 38.1 Å². The lowest BCUT2D eigenvalue weighted by atomic mass is 10.1. The van der Waals surface area contributed by atoms with E-state index in [-0.39, 0.29) is 17.9 Å². The fraction of sp³-hybridized carbons (Fsp3) is 0.121. The maximum absolute atomic E-state index is 15.3. The van der Waals surface area contributed by atoms with Crippen LogP contribution in [0.15, 0.2) is 101 Å². The number of benzene rings is 3. The number of nitrogens with two attached hydrogens (primary N) is 1. The Morgan fingerprint density at radius 3 is 2.31 bits per heavy atom. The van der Waals surface area contributed by atoms with Crippen LogP contribution in [-0.4, -0.2) is 14.5 Å². The first-order valence-corrected chi connectivity index (χ1v) is 15.1.